The lowest BCUT2D eigenvalue weighted by Gasteiger charge is -2.31. The van der Waals surface area contributed by atoms with E-state index in [9.17, 15) is 14.9 Å². The van der Waals surface area contributed by atoms with Crippen molar-refractivity contribution in [3.8, 4) is 5.75 Å². The van der Waals surface area contributed by atoms with Crippen molar-refractivity contribution in [3.63, 3.8) is 0 Å². The molecule has 0 N–H and O–H groups in total. The molecule has 1 fully saturated rings. The van der Waals surface area contributed by atoms with Crippen molar-refractivity contribution in [1.29, 1.82) is 0 Å². The summed E-state index contributed by atoms with van der Waals surface area (Å²) in [6.45, 7) is 0.573. The molecular formula is C15H20N2O4. The fourth-order valence-electron chi connectivity index (χ4n) is 2.77. The number of hydrogen-bond donors (Lipinski definition) is 0. The molecule has 1 aliphatic carbocycles. The van der Waals surface area contributed by atoms with Gasteiger partial charge >= 0.3 is 0 Å². The van der Waals surface area contributed by atoms with Crippen molar-refractivity contribution in [2.45, 2.75) is 38.3 Å². The van der Waals surface area contributed by atoms with Gasteiger partial charge in [-0.15, -0.1) is 0 Å². The van der Waals surface area contributed by atoms with Gasteiger partial charge in [0.1, 0.15) is 11.5 Å². The number of nitro benzene ring substituents is 1. The lowest BCUT2D eigenvalue weighted by Crippen LogP contribution is -2.34. The van der Waals surface area contributed by atoms with Crippen LogP contribution < -0.4 is 4.74 Å². The number of Topliss-reactive ketones (excluding diaryl/α,β-unsaturated/α-hetero) is 1. The molecule has 1 aliphatic rings. The molecule has 1 saturated carbocycles. The van der Waals surface area contributed by atoms with E-state index in [2.05, 4.69) is 4.90 Å². The largest absolute Gasteiger partial charge is 0.496 e. The van der Waals surface area contributed by atoms with Gasteiger partial charge in [0.2, 0.25) is 0 Å². The minimum Gasteiger partial charge on any atom is -0.496 e. The van der Waals surface area contributed by atoms with Gasteiger partial charge in [0, 0.05) is 43.1 Å². The molecule has 1 aromatic carbocycles. The van der Waals surface area contributed by atoms with Crippen molar-refractivity contribution in [1.82, 2.24) is 4.90 Å². The number of carbonyl (C=O) groups is 1. The Kier molecular flexibility index (Phi) is 4.90. The van der Waals surface area contributed by atoms with Crippen molar-refractivity contribution in [3.05, 3.63) is 33.9 Å². The fourth-order valence-corrected chi connectivity index (χ4v) is 2.77. The van der Waals surface area contributed by atoms with Gasteiger partial charge in [-0.3, -0.25) is 19.8 Å². The third-order valence-corrected chi connectivity index (χ3v) is 4.03. The summed E-state index contributed by atoms with van der Waals surface area (Å²) in [4.78, 5) is 23.9. The van der Waals surface area contributed by atoms with E-state index in [4.69, 9.17) is 4.74 Å². The standard InChI is InChI=1S/C15H20N2O4/c1-16(12-3-6-14(18)7-4-12)10-11-9-13(17(19)20)5-8-15(11)21-2/h5,8-9,12H,3-4,6-7,10H2,1-2H3. The van der Waals surface area contributed by atoms with E-state index >= 15 is 0 Å². The van der Waals surface area contributed by atoms with Gasteiger partial charge < -0.3 is 4.74 Å². The molecule has 21 heavy (non-hydrogen) atoms. The van der Waals surface area contributed by atoms with Crippen LogP contribution in [0.3, 0.4) is 0 Å². The Labute approximate surface area is 123 Å². The maximum Gasteiger partial charge on any atom is 0.270 e. The number of ether oxygens (including phenoxy) is 1. The van der Waals surface area contributed by atoms with Crippen molar-refractivity contribution < 1.29 is 14.5 Å². The highest BCUT2D eigenvalue weighted by atomic mass is 16.6. The minimum absolute atomic E-state index is 0.0676. The number of benzene rings is 1. The average molecular weight is 292 g/mol. The smallest absolute Gasteiger partial charge is 0.270 e. The zero-order valence-electron chi connectivity index (χ0n) is 12.4. The van der Waals surface area contributed by atoms with Gasteiger partial charge in [-0.25, -0.2) is 0 Å². The molecule has 0 atom stereocenters. The molecule has 6 nitrogen and oxygen atoms in total. The SMILES string of the molecule is COc1ccc([N+](=O)[O-])cc1CN(C)C1CCC(=O)CC1. The van der Waals surface area contributed by atoms with E-state index in [-0.39, 0.29) is 5.69 Å². The Morgan fingerprint density at radius 3 is 2.62 bits per heavy atom. The summed E-state index contributed by atoms with van der Waals surface area (Å²) in [5.74, 6) is 0.979. The molecule has 114 valence electrons. The topological polar surface area (TPSA) is 72.7 Å². The quantitative estimate of drug-likeness (QED) is 0.616. The first-order chi connectivity index (χ1) is 10.0. The van der Waals surface area contributed by atoms with Crippen LogP contribution in [0.2, 0.25) is 0 Å². The third kappa shape index (κ3) is 3.78. The highest BCUT2D eigenvalue weighted by Crippen LogP contribution is 2.27. The molecule has 0 spiro atoms. The van der Waals surface area contributed by atoms with Crippen LogP contribution in [0.15, 0.2) is 18.2 Å². The van der Waals surface area contributed by atoms with Gasteiger partial charge in [-0.1, -0.05) is 0 Å². The predicted molar refractivity (Wildman–Crippen MR) is 78.4 cm³/mol. The number of non-ortho nitro benzene ring substituents is 1. The Morgan fingerprint density at radius 1 is 1.38 bits per heavy atom. The van der Waals surface area contributed by atoms with Gasteiger partial charge in [0.05, 0.1) is 12.0 Å². The zero-order valence-corrected chi connectivity index (χ0v) is 12.4. The molecule has 0 heterocycles. The normalized spacial score (nSPS) is 16.2. The number of ketones is 1. The van der Waals surface area contributed by atoms with Crippen LogP contribution in [-0.4, -0.2) is 35.8 Å². The molecular weight excluding hydrogens is 272 g/mol. The van der Waals surface area contributed by atoms with Crippen molar-refractivity contribution in [2.24, 2.45) is 0 Å². The second kappa shape index (κ2) is 6.67. The van der Waals surface area contributed by atoms with E-state index in [0.29, 0.717) is 37.0 Å². The van der Waals surface area contributed by atoms with Crippen molar-refractivity contribution >= 4 is 11.5 Å². The van der Waals surface area contributed by atoms with E-state index in [0.717, 1.165) is 18.4 Å². The Morgan fingerprint density at radius 2 is 2.05 bits per heavy atom. The van der Waals surface area contributed by atoms with Crippen LogP contribution in [0.5, 0.6) is 5.75 Å². The highest BCUT2D eigenvalue weighted by Gasteiger charge is 2.23. The number of nitrogens with zero attached hydrogens (tertiary/aromatic N) is 2. The minimum atomic E-state index is -0.401. The Balaban J connectivity index is 2.11. The van der Waals surface area contributed by atoms with Crippen molar-refractivity contribution in [2.75, 3.05) is 14.2 Å². The number of rotatable bonds is 5. The summed E-state index contributed by atoms with van der Waals surface area (Å²) in [6, 6.07) is 4.98. The molecule has 0 bridgehead atoms. The molecule has 0 aliphatic heterocycles. The summed E-state index contributed by atoms with van der Waals surface area (Å²) in [6.07, 6.45) is 2.96. The summed E-state index contributed by atoms with van der Waals surface area (Å²) in [5, 5.41) is 10.9. The molecule has 0 radical (unpaired) electrons. The number of carbonyl (C=O) groups excluding carboxylic acids is 1. The molecule has 1 aromatic rings. The predicted octanol–water partition coefficient (Wildman–Crippen LogP) is 2.55. The summed E-state index contributed by atoms with van der Waals surface area (Å²) in [5.41, 5.74) is 0.865. The van der Waals surface area contributed by atoms with Gasteiger partial charge in [-0.2, -0.15) is 0 Å². The van der Waals surface area contributed by atoms with Gasteiger partial charge in [0.25, 0.3) is 5.69 Å². The van der Waals surface area contributed by atoms with Gasteiger partial charge in [-0.05, 0) is 26.0 Å². The molecule has 6 heteroatoms. The second-order valence-electron chi connectivity index (χ2n) is 5.44. The molecule has 0 unspecified atom stereocenters. The molecule has 0 aromatic heterocycles. The summed E-state index contributed by atoms with van der Waals surface area (Å²) >= 11 is 0. The average Bonchev–Trinajstić information content (AvgIpc) is 2.47. The first-order valence-corrected chi connectivity index (χ1v) is 7.04. The molecule has 0 saturated heterocycles. The first-order valence-electron chi connectivity index (χ1n) is 7.04. The zero-order chi connectivity index (χ0) is 15.4. The number of nitro groups is 1. The van der Waals surface area contributed by atoms with Crippen LogP contribution in [0.4, 0.5) is 5.69 Å². The van der Waals surface area contributed by atoms with E-state index < -0.39 is 4.92 Å². The van der Waals surface area contributed by atoms with E-state index in [1.54, 1.807) is 19.2 Å². The number of hydrogen-bond acceptors (Lipinski definition) is 5. The number of methoxy groups -OCH3 is 1. The Hall–Kier alpha value is -1.95. The first kappa shape index (κ1) is 15.4. The summed E-state index contributed by atoms with van der Waals surface area (Å²) < 4.78 is 5.28. The summed E-state index contributed by atoms with van der Waals surface area (Å²) in [7, 11) is 3.54. The maximum absolute atomic E-state index is 11.3. The Bertz CT molecular complexity index is 534. The van der Waals surface area contributed by atoms with E-state index in [1.807, 2.05) is 7.05 Å². The maximum atomic E-state index is 11.3. The molecule has 0 amide bonds. The van der Waals surface area contributed by atoms with Crippen LogP contribution in [0.25, 0.3) is 0 Å². The van der Waals surface area contributed by atoms with Crippen LogP contribution in [-0.2, 0) is 11.3 Å². The fraction of sp³-hybridized carbons (Fsp3) is 0.533. The van der Waals surface area contributed by atoms with Crippen LogP contribution in [0.1, 0.15) is 31.2 Å². The van der Waals surface area contributed by atoms with Crippen LogP contribution in [0, 0.1) is 10.1 Å². The molecule has 2 rings (SSSR count). The third-order valence-electron chi connectivity index (χ3n) is 4.03. The second-order valence-corrected chi connectivity index (χ2v) is 5.44. The monoisotopic (exact) mass is 292 g/mol. The highest BCUT2D eigenvalue weighted by molar-refractivity contribution is 5.79. The van der Waals surface area contributed by atoms with E-state index in [1.165, 1.54) is 6.07 Å². The lowest BCUT2D eigenvalue weighted by atomic mass is 9.93. The van der Waals surface area contributed by atoms with Gasteiger partial charge in [0.15, 0.2) is 0 Å². The lowest BCUT2D eigenvalue weighted by molar-refractivity contribution is -0.385. The van der Waals surface area contributed by atoms with Crippen LogP contribution >= 0.6 is 0 Å².